The number of nitro benzene ring substituents is 1. The number of nitro groups is 1. The number of ether oxygens (including phenoxy) is 1. The first-order chi connectivity index (χ1) is 10.1. The van der Waals surface area contributed by atoms with Crippen molar-refractivity contribution in [2.24, 2.45) is 0 Å². The number of hydrogen-bond acceptors (Lipinski definition) is 4. The zero-order valence-corrected chi connectivity index (χ0v) is 12.1. The normalized spacial score (nSPS) is 11.9. The molecular formula is C16H18N2O3. The van der Waals surface area contributed by atoms with Crippen LogP contribution in [0.15, 0.2) is 48.5 Å². The van der Waals surface area contributed by atoms with Crippen LogP contribution in [0, 0.1) is 17.0 Å². The molecule has 2 rings (SSSR count). The zero-order chi connectivity index (χ0) is 15.2. The lowest BCUT2D eigenvalue weighted by Gasteiger charge is -2.17. The molecule has 5 nitrogen and oxygen atoms in total. The van der Waals surface area contributed by atoms with Crippen molar-refractivity contribution in [2.45, 2.75) is 13.0 Å². The van der Waals surface area contributed by atoms with Gasteiger partial charge in [0.15, 0.2) is 0 Å². The quantitative estimate of drug-likeness (QED) is 0.649. The third-order valence-electron chi connectivity index (χ3n) is 3.34. The lowest BCUT2D eigenvalue weighted by Crippen LogP contribution is -2.14. The number of benzene rings is 2. The van der Waals surface area contributed by atoms with E-state index in [4.69, 9.17) is 4.74 Å². The summed E-state index contributed by atoms with van der Waals surface area (Å²) in [6.45, 7) is 2.33. The Morgan fingerprint density at radius 1 is 1.24 bits per heavy atom. The minimum absolute atomic E-state index is 0.0679. The van der Waals surface area contributed by atoms with Crippen LogP contribution in [0.2, 0.25) is 0 Å². The number of aryl methyl sites for hydroxylation is 1. The molecule has 0 aliphatic heterocycles. The summed E-state index contributed by atoms with van der Waals surface area (Å²) in [7, 11) is 1.67. The van der Waals surface area contributed by atoms with Crippen molar-refractivity contribution in [1.82, 2.24) is 0 Å². The molecule has 1 unspecified atom stereocenters. The van der Waals surface area contributed by atoms with Crippen molar-refractivity contribution in [3.63, 3.8) is 0 Å². The standard InChI is InChI=1S/C16H18N2O3/c1-12-10-14(8-9-15(12)18(19)20)17-11-16(21-2)13-6-4-3-5-7-13/h3-10,16-17H,11H2,1-2H3. The van der Waals surface area contributed by atoms with E-state index in [1.165, 1.54) is 6.07 Å². The fourth-order valence-corrected chi connectivity index (χ4v) is 2.19. The topological polar surface area (TPSA) is 64.4 Å². The fourth-order valence-electron chi connectivity index (χ4n) is 2.19. The van der Waals surface area contributed by atoms with Crippen LogP contribution >= 0.6 is 0 Å². The molecule has 2 aromatic carbocycles. The Labute approximate surface area is 123 Å². The average molecular weight is 286 g/mol. The summed E-state index contributed by atoms with van der Waals surface area (Å²) in [5.74, 6) is 0. The highest BCUT2D eigenvalue weighted by Crippen LogP contribution is 2.23. The van der Waals surface area contributed by atoms with Crippen LogP contribution in [0.4, 0.5) is 11.4 Å². The summed E-state index contributed by atoms with van der Waals surface area (Å²) in [6, 6.07) is 14.9. The third kappa shape index (κ3) is 3.79. The van der Waals surface area contributed by atoms with Gasteiger partial charge in [-0.05, 0) is 24.6 Å². The number of nitrogens with zero attached hydrogens (tertiary/aromatic N) is 1. The van der Waals surface area contributed by atoms with Crippen molar-refractivity contribution in [1.29, 1.82) is 0 Å². The maximum atomic E-state index is 10.8. The van der Waals surface area contributed by atoms with Crippen LogP contribution in [-0.2, 0) is 4.74 Å². The molecule has 0 amide bonds. The maximum Gasteiger partial charge on any atom is 0.272 e. The second-order valence-corrected chi connectivity index (χ2v) is 4.77. The molecule has 0 heterocycles. The smallest absolute Gasteiger partial charge is 0.272 e. The van der Waals surface area contributed by atoms with E-state index in [1.54, 1.807) is 26.2 Å². The summed E-state index contributed by atoms with van der Waals surface area (Å²) in [5, 5.41) is 14.0. The second kappa shape index (κ2) is 6.85. The monoisotopic (exact) mass is 286 g/mol. The van der Waals surface area contributed by atoms with Crippen LogP contribution < -0.4 is 5.32 Å². The molecule has 110 valence electrons. The summed E-state index contributed by atoms with van der Waals surface area (Å²) >= 11 is 0. The van der Waals surface area contributed by atoms with E-state index in [1.807, 2.05) is 30.3 Å². The largest absolute Gasteiger partial charge is 0.382 e. The second-order valence-electron chi connectivity index (χ2n) is 4.77. The van der Waals surface area contributed by atoms with Gasteiger partial charge in [-0.2, -0.15) is 0 Å². The SMILES string of the molecule is COC(CNc1ccc([N+](=O)[O-])c(C)c1)c1ccccc1. The van der Waals surface area contributed by atoms with E-state index < -0.39 is 0 Å². The number of rotatable bonds is 6. The van der Waals surface area contributed by atoms with Gasteiger partial charge in [0.1, 0.15) is 0 Å². The number of methoxy groups -OCH3 is 1. The zero-order valence-electron chi connectivity index (χ0n) is 12.1. The fraction of sp³-hybridized carbons (Fsp3) is 0.250. The van der Waals surface area contributed by atoms with Gasteiger partial charge in [0.25, 0.3) is 5.69 Å². The summed E-state index contributed by atoms with van der Waals surface area (Å²) in [6.07, 6.45) is -0.0679. The predicted octanol–water partition coefficient (Wildman–Crippen LogP) is 3.70. The first-order valence-electron chi connectivity index (χ1n) is 6.68. The van der Waals surface area contributed by atoms with Gasteiger partial charge in [-0.1, -0.05) is 30.3 Å². The molecular weight excluding hydrogens is 268 g/mol. The molecule has 0 radical (unpaired) electrons. The van der Waals surface area contributed by atoms with Gasteiger partial charge in [-0.25, -0.2) is 0 Å². The van der Waals surface area contributed by atoms with E-state index in [-0.39, 0.29) is 16.7 Å². The third-order valence-corrected chi connectivity index (χ3v) is 3.34. The number of nitrogens with one attached hydrogen (secondary N) is 1. The van der Waals surface area contributed by atoms with Crippen molar-refractivity contribution >= 4 is 11.4 Å². The van der Waals surface area contributed by atoms with Crippen LogP contribution in [0.3, 0.4) is 0 Å². The highest BCUT2D eigenvalue weighted by atomic mass is 16.6. The molecule has 0 bridgehead atoms. The van der Waals surface area contributed by atoms with Crippen molar-refractivity contribution in [2.75, 3.05) is 19.0 Å². The van der Waals surface area contributed by atoms with Gasteiger partial charge < -0.3 is 10.1 Å². The van der Waals surface area contributed by atoms with Crippen LogP contribution in [0.25, 0.3) is 0 Å². The molecule has 0 aromatic heterocycles. The van der Waals surface area contributed by atoms with E-state index >= 15 is 0 Å². The average Bonchev–Trinajstić information content (AvgIpc) is 2.48. The van der Waals surface area contributed by atoms with Crippen molar-refractivity contribution in [3.8, 4) is 0 Å². The Morgan fingerprint density at radius 2 is 1.95 bits per heavy atom. The molecule has 2 aromatic rings. The molecule has 1 N–H and O–H groups in total. The van der Waals surface area contributed by atoms with Gasteiger partial charge in [-0.15, -0.1) is 0 Å². The molecule has 0 spiro atoms. The van der Waals surface area contributed by atoms with Gasteiger partial charge in [0.2, 0.25) is 0 Å². The predicted molar refractivity (Wildman–Crippen MR) is 82.5 cm³/mol. The Morgan fingerprint density at radius 3 is 2.52 bits per heavy atom. The highest BCUT2D eigenvalue weighted by Gasteiger charge is 2.12. The van der Waals surface area contributed by atoms with E-state index in [2.05, 4.69) is 5.32 Å². The highest BCUT2D eigenvalue weighted by molar-refractivity contribution is 5.53. The Balaban J connectivity index is 2.05. The molecule has 5 heteroatoms. The minimum atomic E-state index is -0.374. The lowest BCUT2D eigenvalue weighted by atomic mass is 10.1. The molecule has 0 aliphatic rings. The summed E-state index contributed by atoms with van der Waals surface area (Å²) in [4.78, 5) is 10.4. The lowest BCUT2D eigenvalue weighted by molar-refractivity contribution is -0.385. The first kappa shape index (κ1) is 15.0. The molecule has 0 fully saturated rings. The van der Waals surface area contributed by atoms with Crippen LogP contribution in [-0.4, -0.2) is 18.6 Å². The molecule has 21 heavy (non-hydrogen) atoms. The van der Waals surface area contributed by atoms with Crippen LogP contribution in [0.1, 0.15) is 17.2 Å². The Hall–Kier alpha value is -2.40. The summed E-state index contributed by atoms with van der Waals surface area (Å²) in [5.41, 5.74) is 2.70. The van der Waals surface area contributed by atoms with Gasteiger partial charge in [-0.3, -0.25) is 10.1 Å². The number of anilines is 1. The molecule has 0 saturated heterocycles. The van der Waals surface area contributed by atoms with Crippen molar-refractivity contribution < 1.29 is 9.66 Å². The van der Waals surface area contributed by atoms with Crippen molar-refractivity contribution in [3.05, 3.63) is 69.8 Å². The van der Waals surface area contributed by atoms with Gasteiger partial charge >= 0.3 is 0 Å². The van der Waals surface area contributed by atoms with E-state index in [9.17, 15) is 10.1 Å². The van der Waals surface area contributed by atoms with Gasteiger partial charge in [0, 0.05) is 31.0 Å². The van der Waals surface area contributed by atoms with Gasteiger partial charge in [0.05, 0.1) is 11.0 Å². The Kier molecular flexibility index (Phi) is 4.90. The molecule has 1 atom stereocenters. The Bertz CT molecular complexity index is 614. The molecule has 0 aliphatic carbocycles. The summed E-state index contributed by atoms with van der Waals surface area (Å²) < 4.78 is 5.48. The maximum absolute atomic E-state index is 10.8. The minimum Gasteiger partial charge on any atom is -0.382 e. The number of hydrogen-bond donors (Lipinski definition) is 1. The molecule has 0 saturated carbocycles. The van der Waals surface area contributed by atoms with E-state index in [0.717, 1.165) is 11.3 Å². The van der Waals surface area contributed by atoms with E-state index in [0.29, 0.717) is 12.1 Å². The van der Waals surface area contributed by atoms with Crippen LogP contribution in [0.5, 0.6) is 0 Å². The first-order valence-corrected chi connectivity index (χ1v) is 6.68.